The summed E-state index contributed by atoms with van der Waals surface area (Å²) in [7, 11) is 0. The molecule has 0 spiro atoms. The number of carbonyl (C=O) groups is 1. The van der Waals surface area contributed by atoms with Crippen molar-refractivity contribution >= 4 is 12.0 Å². The quantitative estimate of drug-likeness (QED) is 0.376. The summed E-state index contributed by atoms with van der Waals surface area (Å²) in [4.78, 5) is 30.5. The number of aromatic amines is 1. The zero-order valence-corrected chi connectivity index (χ0v) is 20.2. The maximum Gasteiger partial charge on any atom is 0.305 e. The van der Waals surface area contributed by atoms with Gasteiger partial charge in [-0.3, -0.25) is 14.6 Å². The summed E-state index contributed by atoms with van der Waals surface area (Å²) in [5.41, 5.74) is 6.55. The Balaban J connectivity index is 1.89. The van der Waals surface area contributed by atoms with Crippen molar-refractivity contribution in [3.8, 4) is 22.4 Å². The highest BCUT2D eigenvalue weighted by Crippen LogP contribution is 2.42. The maximum atomic E-state index is 13.8. The standard InChI is InChI=1S/C28H29FN2O5/c1-15(2)27-21(10-8-19(32)12-20(33)13-25(35)36)26(16-3-6-18(29)7-4-16)22-9-5-17-11-24(34)30-14-23(17)28(22)31-27/h3-4,6-8,10-11,14-15,19-20,32-33H,5,9,12-13H2,1-2H3,(H,30,34)(H,35,36)/t19-,20-/m1/s1. The van der Waals surface area contributed by atoms with Gasteiger partial charge < -0.3 is 20.3 Å². The summed E-state index contributed by atoms with van der Waals surface area (Å²) >= 11 is 0. The van der Waals surface area contributed by atoms with Crippen molar-refractivity contribution in [3.63, 3.8) is 0 Å². The number of hydrogen-bond acceptors (Lipinski definition) is 5. The molecule has 4 N–H and O–H groups in total. The average molecular weight is 493 g/mol. The SMILES string of the molecule is CC(C)c1nc2c(c(-c3ccc(F)cc3)c1C=C[C@@H](O)C[C@@H](O)CC(=O)O)CCc1cc(=O)[nH]cc1-2. The molecule has 0 fully saturated rings. The van der Waals surface area contributed by atoms with E-state index in [0.717, 1.165) is 44.8 Å². The molecule has 0 aliphatic heterocycles. The van der Waals surface area contributed by atoms with Crippen LogP contribution in [0.3, 0.4) is 0 Å². The molecule has 36 heavy (non-hydrogen) atoms. The van der Waals surface area contributed by atoms with Crippen LogP contribution in [0.5, 0.6) is 0 Å². The Labute approximate surface area is 208 Å². The zero-order chi connectivity index (χ0) is 26.0. The number of nitrogens with one attached hydrogen (secondary N) is 1. The number of rotatable bonds is 8. The molecule has 0 unspecified atom stereocenters. The third-order valence-electron chi connectivity index (χ3n) is 6.36. The first-order valence-electron chi connectivity index (χ1n) is 11.9. The molecule has 0 bridgehead atoms. The van der Waals surface area contributed by atoms with E-state index in [4.69, 9.17) is 10.1 Å². The molecule has 2 heterocycles. The van der Waals surface area contributed by atoms with Crippen molar-refractivity contribution in [1.29, 1.82) is 0 Å². The normalized spacial score (nSPS) is 14.5. The predicted molar refractivity (Wildman–Crippen MR) is 135 cm³/mol. The molecular formula is C28H29FN2O5. The number of aromatic nitrogens is 2. The van der Waals surface area contributed by atoms with Crippen LogP contribution in [-0.4, -0.2) is 43.5 Å². The van der Waals surface area contributed by atoms with Crippen LogP contribution in [0.25, 0.3) is 28.5 Å². The third kappa shape index (κ3) is 5.45. The number of nitrogens with zero attached hydrogens (tertiary/aromatic N) is 1. The number of hydrogen-bond donors (Lipinski definition) is 4. The molecule has 1 aliphatic carbocycles. The molecule has 3 aromatic rings. The molecule has 8 heteroatoms. The summed E-state index contributed by atoms with van der Waals surface area (Å²) in [5, 5.41) is 29.3. The smallest absolute Gasteiger partial charge is 0.305 e. The van der Waals surface area contributed by atoms with Crippen LogP contribution in [0.15, 0.2) is 47.4 Å². The fraction of sp³-hybridized carbons (Fsp3) is 0.321. The van der Waals surface area contributed by atoms with Crippen molar-refractivity contribution in [1.82, 2.24) is 9.97 Å². The lowest BCUT2D eigenvalue weighted by Gasteiger charge is -2.26. The number of benzene rings is 1. The van der Waals surface area contributed by atoms with E-state index in [2.05, 4.69) is 4.98 Å². The first kappa shape index (κ1) is 25.5. The molecule has 0 radical (unpaired) electrons. The number of pyridine rings is 2. The van der Waals surface area contributed by atoms with Crippen molar-refractivity contribution < 1.29 is 24.5 Å². The topological polar surface area (TPSA) is 124 Å². The van der Waals surface area contributed by atoms with Crippen LogP contribution >= 0.6 is 0 Å². The molecule has 1 aliphatic rings. The molecule has 188 valence electrons. The number of carboxylic acids is 1. The predicted octanol–water partition coefficient (Wildman–Crippen LogP) is 4.06. The Morgan fingerprint density at radius 2 is 1.92 bits per heavy atom. The van der Waals surface area contributed by atoms with Gasteiger partial charge in [0.2, 0.25) is 5.56 Å². The second-order valence-corrected chi connectivity index (χ2v) is 9.42. The average Bonchev–Trinajstić information content (AvgIpc) is 2.81. The fourth-order valence-electron chi connectivity index (χ4n) is 4.73. The number of aliphatic hydroxyl groups excluding tert-OH is 2. The Morgan fingerprint density at radius 3 is 2.58 bits per heavy atom. The van der Waals surface area contributed by atoms with Crippen molar-refractivity contribution in [2.75, 3.05) is 0 Å². The Kier molecular flexibility index (Phi) is 7.47. The van der Waals surface area contributed by atoms with Gasteiger partial charge in [-0.05, 0) is 53.1 Å². The summed E-state index contributed by atoms with van der Waals surface area (Å²) in [6, 6.07) is 7.81. The lowest BCUT2D eigenvalue weighted by atomic mass is 9.81. The van der Waals surface area contributed by atoms with Gasteiger partial charge in [-0.25, -0.2) is 4.39 Å². The number of aliphatic hydroxyl groups is 2. The van der Waals surface area contributed by atoms with E-state index in [1.165, 1.54) is 18.2 Å². The minimum atomic E-state index is -1.18. The largest absolute Gasteiger partial charge is 0.481 e. The van der Waals surface area contributed by atoms with Gasteiger partial charge in [-0.2, -0.15) is 0 Å². The van der Waals surface area contributed by atoms with E-state index in [0.29, 0.717) is 12.8 Å². The van der Waals surface area contributed by atoms with Crippen molar-refractivity contribution in [3.05, 3.63) is 81.2 Å². The first-order chi connectivity index (χ1) is 17.1. The minimum absolute atomic E-state index is 0.00275. The monoisotopic (exact) mass is 492 g/mol. The Hall–Kier alpha value is -3.62. The highest BCUT2D eigenvalue weighted by atomic mass is 19.1. The van der Waals surface area contributed by atoms with E-state index in [1.54, 1.807) is 30.5 Å². The summed E-state index contributed by atoms with van der Waals surface area (Å²) in [5.74, 6) is -1.49. The summed E-state index contributed by atoms with van der Waals surface area (Å²) in [6.07, 6.45) is 3.43. The van der Waals surface area contributed by atoms with Crippen molar-refractivity contribution in [2.45, 2.75) is 57.7 Å². The molecule has 0 amide bonds. The lowest BCUT2D eigenvalue weighted by molar-refractivity contribution is -0.139. The van der Waals surface area contributed by atoms with Crippen LogP contribution in [0.2, 0.25) is 0 Å². The van der Waals surface area contributed by atoms with Gasteiger partial charge in [-0.15, -0.1) is 0 Å². The van der Waals surface area contributed by atoms with E-state index >= 15 is 0 Å². The van der Waals surface area contributed by atoms with Crippen LogP contribution < -0.4 is 5.56 Å². The fourth-order valence-corrected chi connectivity index (χ4v) is 4.73. The van der Waals surface area contributed by atoms with Gasteiger partial charge in [0, 0.05) is 29.8 Å². The molecule has 4 rings (SSSR count). The maximum absolute atomic E-state index is 13.8. The van der Waals surface area contributed by atoms with Crippen LogP contribution in [0.4, 0.5) is 4.39 Å². The van der Waals surface area contributed by atoms with Crippen LogP contribution in [-0.2, 0) is 17.6 Å². The van der Waals surface area contributed by atoms with Gasteiger partial charge in [0.15, 0.2) is 0 Å². The first-order valence-corrected chi connectivity index (χ1v) is 11.9. The van der Waals surface area contributed by atoms with Crippen LogP contribution in [0.1, 0.15) is 55.0 Å². The number of halogens is 1. The highest BCUT2D eigenvalue weighted by molar-refractivity contribution is 5.86. The molecular weight excluding hydrogens is 463 g/mol. The molecule has 0 saturated heterocycles. The van der Waals surface area contributed by atoms with Gasteiger partial charge in [-0.1, -0.05) is 38.1 Å². The van der Waals surface area contributed by atoms with Crippen LogP contribution in [0, 0.1) is 5.82 Å². The Morgan fingerprint density at radius 1 is 1.19 bits per heavy atom. The number of fused-ring (bicyclic) bond motifs is 3. The Bertz CT molecular complexity index is 1360. The van der Waals surface area contributed by atoms with E-state index in [9.17, 15) is 24.2 Å². The number of H-pyrrole nitrogens is 1. The van der Waals surface area contributed by atoms with Gasteiger partial charge in [0.1, 0.15) is 5.82 Å². The second-order valence-electron chi connectivity index (χ2n) is 9.42. The second kappa shape index (κ2) is 10.6. The lowest BCUT2D eigenvalue weighted by Crippen LogP contribution is -2.19. The molecule has 0 saturated carbocycles. The van der Waals surface area contributed by atoms with Gasteiger partial charge in [0.25, 0.3) is 0 Å². The van der Waals surface area contributed by atoms with E-state index in [1.807, 2.05) is 13.8 Å². The number of aliphatic carboxylic acids is 1. The van der Waals surface area contributed by atoms with E-state index < -0.39 is 24.6 Å². The molecule has 7 nitrogen and oxygen atoms in total. The summed E-state index contributed by atoms with van der Waals surface area (Å²) < 4.78 is 13.8. The van der Waals surface area contributed by atoms with Gasteiger partial charge >= 0.3 is 5.97 Å². The molecule has 2 aromatic heterocycles. The molecule has 1 aromatic carbocycles. The third-order valence-corrected chi connectivity index (χ3v) is 6.36. The number of aryl methyl sites for hydroxylation is 1. The minimum Gasteiger partial charge on any atom is -0.481 e. The van der Waals surface area contributed by atoms with Crippen molar-refractivity contribution in [2.24, 2.45) is 0 Å². The highest BCUT2D eigenvalue weighted by Gasteiger charge is 2.26. The number of carboxylic acid groups (broad SMARTS) is 1. The summed E-state index contributed by atoms with van der Waals surface area (Å²) in [6.45, 7) is 4.01. The van der Waals surface area contributed by atoms with E-state index in [-0.39, 0.29) is 23.7 Å². The zero-order valence-electron chi connectivity index (χ0n) is 20.2. The molecule has 2 atom stereocenters. The van der Waals surface area contributed by atoms with Gasteiger partial charge in [0.05, 0.1) is 30.0 Å².